The van der Waals surface area contributed by atoms with Gasteiger partial charge in [-0.25, -0.2) is 13.1 Å². The zero-order chi connectivity index (χ0) is 17.0. The third-order valence-corrected chi connectivity index (χ3v) is 4.91. The minimum atomic E-state index is -3.75. The molecule has 0 atom stereocenters. The topological polar surface area (TPSA) is 75.3 Å². The second-order valence-corrected chi connectivity index (χ2v) is 7.01. The summed E-state index contributed by atoms with van der Waals surface area (Å²) in [7, 11) is -3.75. The lowest BCUT2D eigenvalue weighted by Crippen LogP contribution is -2.32. The Morgan fingerprint density at radius 1 is 0.833 bits per heavy atom. The number of fused-ring (bicyclic) bond motifs is 1. The summed E-state index contributed by atoms with van der Waals surface area (Å²) < 4.78 is 27.0. The quantitative estimate of drug-likeness (QED) is 0.750. The summed E-state index contributed by atoms with van der Waals surface area (Å²) in [6.45, 7) is -0.329. The number of carbonyl (C=O) groups excluding carboxylic acids is 1. The van der Waals surface area contributed by atoms with Crippen LogP contribution in [0.15, 0.2) is 77.7 Å². The fourth-order valence-corrected chi connectivity index (χ4v) is 3.32. The van der Waals surface area contributed by atoms with Crippen LogP contribution in [0.4, 0.5) is 5.69 Å². The average molecular weight is 340 g/mol. The maximum atomic E-state index is 12.3. The highest BCUT2D eigenvalue weighted by atomic mass is 32.2. The van der Waals surface area contributed by atoms with Gasteiger partial charge in [0.2, 0.25) is 15.9 Å². The van der Waals surface area contributed by atoms with Crippen LogP contribution in [-0.4, -0.2) is 20.9 Å². The van der Waals surface area contributed by atoms with E-state index in [2.05, 4.69) is 10.0 Å². The van der Waals surface area contributed by atoms with Crippen molar-refractivity contribution in [2.45, 2.75) is 4.90 Å². The molecule has 0 fully saturated rings. The molecule has 0 aliphatic carbocycles. The van der Waals surface area contributed by atoms with Crippen LogP contribution in [0.25, 0.3) is 10.8 Å². The van der Waals surface area contributed by atoms with Gasteiger partial charge in [0.1, 0.15) is 0 Å². The van der Waals surface area contributed by atoms with Gasteiger partial charge in [0.05, 0.1) is 11.4 Å². The van der Waals surface area contributed by atoms with E-state index in [1.54, 1.807) is 36.4 Å². The molecule has 122 valence electrons. The van der Waals surface area contributed by atoms with Crippen LogP contribution < -0.4 is 10.0 Å². The number of hydrogen-bond donors (Lipinski definition) is 2. The van der Waals surface area contributed by atoms with Crippen LogP contribution in [-0.2, 0) is 14.8 Å². The van der Waals surface area contributed by atoms with Crippen molar-refractivity contribution in [2.24, 2.45) is 0 Å². The minimum Gasteiger partial charge on any atom is -0.325 e. The molecule has 0 radical (unpaired) electrons. The Bertz CT molecular complexity index is 970. The van der Waals surface area contributed by atoms with E-state index in [-0.39, 0.29) is 11.4 Å². The van der Waals surface area contributed by atoms with Crippen molar-refractivity contribution < 1.29 is 13.2 Å². The number of para-hydroxylation sites is 1. The Labute approximate surface area is 140 Å². The van der Waals surface area contributed by atoms with Crippen LogP contribution in [0.1, 0.15) is 0 Å². The summed E-state index contributed by atoms with van der Waals surface area (Å²) in [6.07, 6.45) is 0. The molecular weight excluding hydrogens is 324 g/mol. The Kier molecular flexibility index (Phi) is 4.59. The predicted molar refractivity (Wildman–Crippen MR) is 94.2 cm³/mol. The highest BCUT2D eigenvalue weighted by Crippen LogP contribution is 2.18. The lowest BCUT2D eigenvalue weighted by molar-refractivity contribution is -0.115. The van der Waals surface area contributed by atoms with E-state index in [0.29, 0.717) is 5.69 Å². The zero-order valence-electron chi connectivity index (χ0n) is 12.8. The van der Waals surface area contributed by atoms with Gasteiger partial charge in [0.15, 0.2) is 0 Å². The van der Waals surface area contributed by atoms with Gasteiger partial charge in [-0.05, 0) is 35.0 Å². The number of carbonyl (C=O) groups is 1. The molecule has 2 N–H and O–H groups in total. The van der Waals surface area contributed by atoms with Crippen LogP contribution in [0.5, 0.6) is 0 Å². The first kappa shape index (κ1) is 16.2. The highest BCUT2D eigenvalue weighted by Gasteiger charge is 2.16. The highest BCUT2D eigenvalue weighted by molar-refractivity contribution is 7.89. The van der Waals surface area contributed by atoms with Crippen molar-refractivity contribution in [1.29, 1.82) is 0 Å². The van der Waals surface area contributed by atoms with Gasteiger partial charge in [0, 0.05) is 5.69 Å². The minimum absolute atomic E-state index is 0.133. The number of nitrogens with one attached hydrogen (secondary N) is 2. The summed E-state index contributed by atoms with van der Waals surface area (Å²) in [5.41, 5.74) is 0.618. The summed E-state index contributed by atoms with van der Waals surface area (Å²) in [5.74, 6) is -0.425. The molecule has 0 saturated heterocycles. The lowest BCUT2D eigenvalue weighted by atomic mass is 10.1. The van der Waals surface area contributed by atoms with E-state index in [4.69, 9.17) is 0 Å². The van der Waals surface area contributed by atoms with Crippen molar-refractivity contribution in [1.82, 2.24) is 4.72 Å². The van der Waals surface area contributed by atoms with Crippen LogP contribution >= 0.6 is 0 Å². The number of hydrogen-bond acceptors (Lipinski definition) is 3. The standard InChI is InChI=1S/C18H16N2O3S/c21-18(20-16-8-2-1-3-9-16)13-19-24(22,23)17-11-10-14-6-4-5-7-15(14)12-17/h1-12,19H,13H2,(H,20,21). The molecule has 6 heteroatoms. The molecule has 0 saturated carbocycles. The van der Waals surface area contributed by atoms with Gasteiger partial charge in [-0.15, -0.1) is 0 Å². The molecule has 3 aromatic carbocycles. The molecule has 0 aliphatic rings. The number of rotatable bonds is 5. The van der Waals surface area contributed by atoms with Gasteiger partial charge in [-0.2, -0.15) is 0 Å². The van der Waals surface area contributed by atoms with E-state index < -0.39 is 15.9 Å². The Balaban J connectivity index is 1.69. The molecule has 3 rings (SSSR count). The second-order valence-electron chi connectivity index (χ2n) is 5.25. The molecule has 0 aromatic heterocycles. The number of sulfonamides is 1. The number of amides is 1. The number of anilines is 1. The van der Waals surface area contributed by atoms with Crippen LogP contribution in [0.2, 0.25) is 0 Å². The molecule has 0 unspecified atom stereocenters. The summed E-state index contributed by atoms with van der Waals surface area (Å²) in [5, 5.41) is 4.41. The molecule has 0 bridgehead atoms. The maximum absolute atomic E-state index is 12.3. The predicted octanol–water partition coefficient (Wildman–Crippen LogP) is 2.76. The molecule has 5 nitrogen and oxygen atoms in total. The van der Waals surface area contributed by atoms with Crippen molar-refractivity contribution in [3.05, 3.63) is 72.8 Å². The largest absolute Gasteiger partial charge is 0.325 e. The van der Waals surface area contributed by atoms with E-state index in [9.17, 15) is 13.2 Å². The fourth-order valence-electron chi connectivity index (χ4n) is 2.31. The monoisotopic (exact) mass is 340 g/mol. The molecular formula is C18H16N2O3S. The van der Waals surface area contributed by atoms with Gasteiger partial charge in [-0.1, -0.05) is 48.5 Å². The Morgan fingerprint density at radius 2 is 1.50 bits per heavy atom. The SMILES string of the molecule is O=C(CNS(=O)(=O)c1ccc2ccccc2c1)Nc1ccccc1. The summed E-state index contributed by atoms with van der Waals surface area (Å²) in [4.78, 5) is 12.0. The second kappa shape index (κ2) is 6.82. The molecule has 0 spiro atoms. The molecule has 3 aromatic rings. The maximum Gasteiger partial charge on any atom is 0.241 e. The molecule has 1 amide bonds. The molecule has 0 aliphatic heterocycles. The van der Waals surface area contributed by atoms with Gasteiger partial charge in [0.25, 0.3) is 0 Å². The Morgan fingerprint density at radius 3 is 2.25 bits per heavy atom. The van der Waals surface area contributed by atoms with E-state index in [0.717, 1.165) is 10.8 Å². The van der Waals surface area contributed by atoms with Crippen LogP contribution in [0, 0.1) is 0 Å². The van der Waals surface area contributed by atoms with Crippen molar-refractivity contribution >= 4 is 32.4 Å². The van der Waals surface area contributed by atoms with Crippen LogP contribution in [0.3, 0.4) is 0 Å². The van der Waals surface area contributed by atoms with E-state index in [1.807, 2.05) is 30.3 Å². The van der Waals surface area contributed by atoms with E-state index >= 15 is 0 Å². The van der Waals surface area contributed by atoms with Crippen molar-refractivity contribution in [3.63, 3.8) is 0 Å². The van der Waals surface area contributed by atoms with Gasteiger partial charge in [-0.3, -0.25) is 4.79 Å². The third-order valence-electron chi connectivity index (χ3n) is 3.51. The van der Waals surface area contributed by atoms with Gasteiger partial charge >= 0.3 is 0 Å². The van der Waals surface area contributed by atoms with Crippen molar-refractivity contribution in [2.75, 3.05) is 11.9 Å². The van der Waals surface area contributed by atoms with E-state index in [1.165, 1.54) is 6.07 Å². The molecule has 0 heterocycles. The summed E-state index contributed by atoms with van der Waals surface area (Å²) >= 11 is 0. The fraction of sp³-hybridized carbons (Fsp3) is 0.0556. The first-order valence-electron chi connectivity index (χ1n) is 7.38. The lowest BCUT2D eigenvalue weighted by Gasteiger charge is -2.08. The van der Waals surface area contributed by atoms with Crippen molar-refractivity contribution in [3.8, 4) is 0 Å². The first-order valence-corrected chi connectivity index (χ1v) is 8.86. The molecule has 24 heavy (non-hydrogen) atoms. The first-order chi connectivity index (χ1) is 11.5. The average Bonchev–Trinajstić information content (AvgIpc) is 2.60. The summed E-state index contributed by atoms with van der Waals surface area (Å²) in [6, 6.07) is 21.2. The normalized spacial score (nSPS) is 11.3. The zero-order valence-corrected chi connectivity index (χ0v) is 13.6. The smallest absolute Gasteiger partial charge is 0.241 e. The third kappa shape index (κ3) is 3.79. The number of benzene rings is 3. The van der Waals surface area contributed by atoms with Gasteiger partial charge < -0.3 is 5.32 Å². The Hall–Kier alpha value is -2.70.